The van der Waals surface area contributed by atoms with Crippen LogP contribution < -0.4 is 0 Å². The van der Waals surface area contributed by atoms with E-state index in [1.807, 2.05) is 0 Å². The Bertz CT molecular complexity index is 399. The van der Waals surface area contributed by atoms with Gasteiger partial charge in [-0.15, -0.1) is 0 Å². The molecule has 0 atom stereocenters. The zero-order valence-electron chi connectivity index (χ0n) is 23.9. The highest BCUT2D eigenvalue weighted by molar-refractivity contribution is 6.60. The van der Waals surface area contributed by atoms with Crippen LogP contribution in [0.15, 0.2) is 0 Å². The summed E-state index contributed by atoms with van der Waals surface area (Å²) in [6.07, 6.45) is 7.28. The third kappa shape index (κ3) is 14.2. The zero-order chi connectivity index (χ0) is 25.2. The molecule has 0 aromatic carbocycles. The molecule has 0 saturated heterocycles. The Morgan fingerprint density at radius 2 is 0.848 bits per heavy atom. The second-order valence-corrected chi connectivity index (χ2v) is 12.2. The quantitative estimate of drug-likeness (QED) is 0.183. The van der Waals surface area contributed by atoms with Crippen LogP contribution in [-0.4, -0.2) is 104 Å². The van der Waals surface area contributed by atoms with Gasteiger partial charge in [0.15, 0.2) is 0 Å². The van der Waals surface area contributed by atoms with Gasteiger partial charge in [-0.05, 0) is 125 Å². The monoisotopic (exact) mass is 489 g/mol. The van der Waals surface area contributed by atoms with E-state index in [0.717, 1.165) is 45.3 Å². The third-order valence-electron chi connectivity index (χ3n) is 7.04. The predicted octanol–water partition coefficient (Wildman–Crippen LogP) is 5.22. The summed E-state index contributed by atoms with van der Waals surface area (Å²) in [6, 6.07) is 0.942. The summed E-state index contributed by atoms with van der Waals surface area (Å²) in [4.78, 5) is 7.29. The summed E-state index contributed by atoms with van der Waals surface area (Å²) in [7, 11) is 3.96. The maximum Gasteiger partial charge on any atom is 0.501 e. The molecule has 0 aliphatic rings. The standard InChI is InChI=1S/C26H59N3O3Si/c1-10-27(7)22-16-19-26(20-17-23-28(8)11-2,21-18-24-29(9)12-3)25-33(30-13-4,31-14-5)32-15-6/h10-25H2,1-9H3. The van der Waals surface area contributed by atoms with Crippen molar-refractivity contribution in [2.75, 3.05) is 80.2 Å². The van der Waals surface area contributed by atoms with Gasteiger partial charge in [-0.2, -0.15) is 0 Å². The van der Waals surface area contributed by atoms with Gasteiger partial charge in [0.1, 0.15) is 0 Å². The van der Waals surface area contributed by atoms with E-state index in [0.29, 0.717) is 19.8 Å². The molecule has 0 fully saturated rings. The van der Waals surface area contributed by atoms with E-state index in [1.165, 1.54) is 38.5 Å². The molecule has 0 heterocycles. The normalized spacial score (nSPS) is 13.1. The molecule has 0 radical (unpaired) electrons. The van der Waals surface area contributed by atoms with Gasteiger partial charge in [0.25, 0.3) is 0 Å². The lowest BCUT2D eigenvalue weighted by atomic mass is 9.76. The predicted molar refractivity (Wildman–Crippen MR) is 145 cm³/mol. The van der Waals surface area contributed by atoms with Gasteiger partial charge < -0.3 is 28.0 Å². The van der Waals surface area contributed by atoms with E-state index in [9.17, 15) is 0 Å². The highest BCUT2D eigenvalue weighted by atomic mass is 28.4. The van der Waals surface area contributed by atoms with Gasteiger partial charge >= 0.3 is 8.80 Å². The first-order valence-corrected chi connectivity index (χ1v) is 15.7. The fraction of sp³-hybridized carbons (Fsp3) is 1.00. The minimum atomic E-state index is -2.73. The Morgan fingerprint density at radius 1 is 0.545 bits per heavy atom. The maximum atomic E-state index is 6.37. The topological polar surface area (TPSA) is 37.4 Å². The Kier molecular flexibility index (Phi) is 19.2. The van der Waals surface area contributed by atoms with E-state index < -0.39 is 8.80 Å². The first-order chi connectivity index (χ1) is 15.8. The summed E-state index contributed by atoms with van der Waals surface area (Å²) < 4.78 is 19.1. The molecule has 0 N–H and O–H groups in total. The molecule has 0 unspecified atom stereocenters. The van der Waals surface area contributed by atoms with Gasteiger partial charge in [0, 0.05) is 25.9 Å². The first-order valence-electron chi connectivity index (χ1n) is 13.7. The van der Waals surface area contributed by atoms with Gasteiger partial charge in [-0.25, -0.2) is 0 Å². The van der Waals surface area contributed by atoms with Crippen LogP contribution in [0.2, 0.25) is 6.04 Å². The van der Waals surface area contributed by atoms with Crippen LogP contribution in [0.3, 0.4) is 0 Å². The minimum absolute atomic E-state index is 0.198. The molecule has 0 aromatic heterocycles. The molecule has 0 aromatic rings. The summed E-state index contributed by atoms with van der Waals surface area (Å²) in [6.45, 7) is 21.6. The Hall–Kier alpha value is -0.0231. The van der Waals surface area contributed by atoms with Gasteiger partial charge in [-0.3, -0.25) is 0 Å². The number of rotatable bonds is 23. The van der Waals surface area contributed by atoms with Crippen molar-refractivity contribution in [2.45, 2.75) is 86.1 Å². The molecule has 0 saturated carbocycles. The summed E-state index contributed by atoms with van der Waals surface area (Å²) in [5.74, 6) is 0. The van der Waals surface area contributed by atoms with Gasteiger partial charge in [0.05, 0.1) is 0 Å². The van der Waals surface area contributed by atoms with Crippen molar-refractivity contribution in [2.24, 2.45) is 5.41 Å². The van der Waals surface area contributed by atoms with Crippen LogP contribution >= 0.6 is 0 Å². The van der Waals surface area contributed by atoms with Crippen molar-refractivity contribution in [3.63, 3.8) is 0 Å². The molecule has 6 nitrogen and oxygen atoms in total. The second-order valence-electron chi connectivity index (χ2n) is 9.66. The average Bonchev–Trinajstić information content (AvgIpc) is 2.79. The molecular weight excluding hydrogens is 430 g/mol. The summed E-state index contributed by atoms with van der Waals surface area (Å²) in [5, 5.41) is 0. The van der Waals surface area contributed by atoms with Crippen molar-refractivity contribution in [3.05, 3.63) is 0 Å². The Morgan fingerprint density at radius 3 is 1.09 bits per heavy atom. The van der Waals surface area contributed by atoms with Crippen LogP contribution in [0.4, 0.5) is 0 Å². The van der Waals surface area contributed by atoms with Crippen LogP contribution in [0.1, 0.15) is 80.1 Å². The highest BCUT2D eigenvalue weighted by Crippen LogP contribution is 2.44. The molecule has 0 aliphatic carbocycles. The van der Waals surface area contributed by atoms with Gasteiger partial charge in [-0.1, -0.05) is 20.8 Å². The van der Waals surface area contributed by atoms with Crippen LogP contribution in [0, 0.1) is 5.41 Å². The summed E-state index contributed by atoms with van der Waals surface area (Å²) >= 11 is 0. The maximum absolute atomic E-state index is 6.37. The van der Waals surface area contributed by atoms with Crippen LogP contribution in [-0.2, 0) is 13.3 Å². The molecule has 33 heavy (non-hydrogen) atoms. The number of hydrogen-bond acceptors (Lipinski definition) is 6. The SMILES string of the molecule is CCO[Si](CC(CCCN(C)CC)(CCCN(C)CC)CCCN(C)CC)(OCC)OCC. The van der Waals surface area contributed by atoms with Crippen molar-refractivity contribution in [1.82, 2.24) is 14.7 Å². The minimum Gasteiger partial charge on any atom is -0.374 e. The second kappa shape index (κ2) is 19.2. The summed E-state index contributed by atoms with van der Waals surface area (Å²) in [5.41, 5.74) is 0.198. The lowest BCUT2D eigenvalue weighted by Crippen LogP contribution is -2.50. The largest absolute Gasteiger partial charge is 0.501 e. The van der Waals surface area contributed by atoms with E-state index in [2.05, 4.69) is 77.4 Å². The number of nitrogens with zero attached hydrogens (tertiary/aromatic N) is 3. The van der Waals surface area contributed by atoms with E-state index in [4.69, 9.17) is 13.3 Å². The lowest BCUT2D eigenvalue weighted by molar-refractivity contribution is 0.0512. The van der Waals surface area contributed by atoms with Crippen molar-refractivity contribution in [3.8, 4) is 0 Å². The zero-order valence-corrected chi connectivity index (χ0v) is 24.9. The molecule has 0 bridgehead atoms. The Balaban J connectivity index is 5.85. The highest BCUT2D eigenvalue weighted by Gasteiger charge is 2.48. The lowest BCUT2D eigenvalue weighted by Gasteiger charge is -2.41. The first kappa shape index (κ1) is 33.0. The smallest absolute Gasteiger partial charge is 0.374 e. The van der Waals surface area contributed by atoms with E-state index in [1.54, 1.807) is 0 Å². The Labute approximate surface area is 208 Å². The molecule has 200 valence electrons. The molecular formula is C26H59N3O3Si. The van der Waals surface area contributed by atoms with Crippen LogP contribution in [0.5, 0.6) is 0 Å². The van der Waals surface area contributed by atoms with E-state index >= 15 is 0 Å². The van der Waals surface area contributed by atoms with Crippen molar-refractivity contribution in [1.29, 1.82) is 0 Å². The number of hydrogen-bond donors (Lipinski definition) is 0. The molecule has 0 aliphatic heterocycles. The van der Waals surface area contributed by atoms with Gasteiger partial charge in [0.2, 0.25) is 0 Å². The van der Waals surface area contributed by atoms with Crippen LogP contribution in [0.25, 0.3) is 0 Å². The average molecular weight is 490 g/mol. The fourth-order valence-electron chi connectivity index (χ4n) is 4.68. The molecule has 0 amide bonds. The van der Waals surface area contributed by atoms with Crippen molar-refractivity contribution < 1.29 is 13.3 Å². The van der Waals surface area contributed by atoms with Crippen molar-refractivity contribution >= 4 is 8.80 Å². The molecule has 7 heteroatoms. The third-order valence-corrected chi connectivity index (χ3v) is 10.4. The molecule has 0 rings (SSSR count). The fourth-order valence-corrected chi connectivity index (χ4v) is 8.01. The van der Waals surface area contributed by atoms with E-state index in [-0.39, 0.29) is 5.41 Å². The molecule has 0 spiro atoms.